The lowest BCUT2D eigenvalue weighted by Gasteiger charge is -2.22. The molecule has 132 valence electrons. The van der Waals surface area contributed by atoms with E-state index < -0.39 is 15.9 Å². The number of sulfonamides is 1. The van der Waals surface area contributed by atoms with Gasteiger partial charge in [-0.1, -0.05) is 18.2 Å². The average molecular weight is 361 g/mol. The van der Waals surface area contributed by atoms with E-state index in [1.54, 1.807) is 42.7 Å². The van der Waals surface area contributed by atoms with E-state index in [-0.39, 0.29) is 24.6 Å². The third kappa shape index (κ3) is 5.39. The number of nitrogens with one attached hydrogen (secondary N) is 1. The highest BCUT2D eigenvalue weighted by molar-refractivity contribution is 7.92. The summed E-state index contributed by atoms with van der Waals surface area (Å²) < 4.78 is 25.1. The molecule has 1 heterocycles. The van der Waals surface area contributed by atoms with Crippen LogP contribution in [0.4, 0.5) is 5.69 Å². The Morgan fingerprint density at radius 1 is 1.20 bits per heavy atom. The Balaban J connectivity index is 2.14. The summed E-state index contributed by atoms with van der Waals surface area (Å²) in [4.78, 5) is 27.6. The summed E-state index contributed by atoms with van der Waals surface area (Å²) in [7, 11) is -3.69. The minimum Gasteiger partial charge on any atom is -0.350 e. The summed E-state index contributed by atoms with van der Waals surface area (Å²) >= 11 is 0. The van der Waals surface area contributed by atoms with Crippen LogP contribution in [0.1, 0.15) is 22.8 Å². The fourth-order valence-electron chi connectivity index (χ4n) is 2.17. The molecule has 0 atom stereocenters. The van der Waals surface area contributed by atoms with E-state index in [0.29, 0.717) is 5.56 Å². The molecule has 0 spiro atoms. The molecule has 1 aromatic heterocycles. The summed E-state index contributed by atoms with van der Waals surface area (Å²) in [5.41, 5.74) is 1.45. The van der Waals surface area contributed by atoms with Crippen molar-refractivity contribution >= 4 is 27.4 Å². The number of amides is 1. The van der Waals surface area contributed by atoms with Gasteiger partial charge in [0, 0.05) is 24.5 Å². The fraction of sp³-hybridized carbons (Fsp3) is 0.235. The third-order valence-corrected chi connectivity index (χ3v) is 4.58. The molecule has 0 unspecified atom stereocenters. The lowest BCUT2D eigenvalue weighted by atomic mass is 10.1. The number of carbonyl (C=O) groups is 2. The monoisotopic (exact) mass is 361 g/mol. The number of Topliss-reactive ketones (excluding diaryl/α,β-unsaturated/α-hetero) is 1. The van der Waals surface area contributed by atoms with Crippen molar-refractivity contribution in [2.75, 3.05) is 17.1 Å². The van der Waals surface area contributed by atoms with Gasteiger partial charge in [-0.3, -0.25) is 18.9 Å². The molecule has 8 heteroatoms. The predicted molar refractivity (Wildman–Crippen MR) is 94.7 cm³/mol. The van der Waals surface area contributed by atoms with Crippen molar-refractivity contribution in [3.8, 4) is 0 Å². The summed E-state index contributed by atoms with van der Waals surface area (Å²) in [5, 5.41) is 2.66. The molecule has 25 heavy (non-hydrogen) atoms. The van der Waals surface area contributed by atoms with Crippen LogP contribution in [0.5, 0.6) is 0 Å². The van der Waals surface area contributed by atoms with Crippen LogP contribution in [-0.4, -0.2) is 37.9 Å². The number of carbonyl (C=O) groups excluding carboxylic acids is 2. The SMILES string of the molecule is CC(=O)c1cccc(N(CC(=O)NCc2cccnc2)S(C)(=O)=O)c1. The molecular formula is C17H19N3O4S. The third-order valence-electron chi connectivity index (χ3n) is 3.44. The molecule has 2 rings (SSSR count). The van der Waals surface area contributed by atoms with Gasteiger partial charge in [0.15, 0.2) is 5.78 Å². The van der Waals surface area contributed by atoms with E-state index in [4.69, 9.17) is 0 Å². The van der Waals surface area contributed by atoms with E-state index in [0.717, 1.165) is 16.1 Å². The van der Waals surface area contributed by atoms with Crippen molar-refractivity contribution < 1.29 is 18.0 Å². The van der Waals surface area contributed by atoms with Crippen molar-refractivity contribution in [1.29, 1.82) is 0 Å². The number of pyridine rings is 1. The van der Waals surface area contributed by atoms with Gasteiger partial charge in [-0.05, 0) is 30.7 Å². The number of ketones is 1. The number of benzene rings is 1. The van der Waals surface area contributed by atoms with Gasteiger partial charge in [0.2, 0.25) is 15.9 Å². The van der Waals surface area contributed by atoms with E-state index in [2.05, 4.69) is 10.3 Å². The Kier molecular flexibility index (Phi) is 5.87. The summed E-state index contributed by atoms with van der Waals surface area (Å²) in [5.74, 6) is -0.640. The van der Waals surface area contributed by atoms with Gasteiger partial charge in [0.1, 0.15) is 6.54 Å². The minimum absolute atomic E-state index is 0.184. The average Bonchev–Trinajstić information content (AvgIpc) is 2.58. The van der Waals surface area contributed by atoms with Crippen molar-refractivity contribution in [2.24, 2.45) is 0 Å². The Labute approximate surface area is 146 Å². The van der Waals surface area contributed by atoms with Crippen LogP contribution >= 0.6 is 0 Å². The number of hydrogen-bond acceptors (Lipinski definition) is 5. The highest BCUT2D eigenvalue weighted by atomic mass is 32.2. The Morgan fingerprint density at radius 3 is 2.56 bits per heavy atom. The van der Waals surface area contributed by atoms with Crippen molar-refractivity contribution in [3.63, 3.8) is 0 Å². The molecule has 0 aliphatic rings. The maximum absolute atomic E-state index is 12.2. The first-order chi connectivity index (χ1) is 11.8. The molecule has 0 bridgehead atoms. The molecule has 0 saturated heterocycles. The number of anilines is 1. The molecule has 1 N–H and O–H groups in total. The Hall–Kier alpha value is -2.74. The fourth-order valence-corrected chi connectivity index (χ4v) is 3.02. The molecule has 0 saturated carbocycles. The molecule has 0 aliphatic heterocycles. The van der Waals surface area contributed by atoms with Gasteiger partial charge in [0.05, 0.1) is 11.9 Å². The first-order valence-electron chi connectivity index (χ1n) is 7.51. The molecule has 0 fully saturated rings. The van der Waals surface area contributed by atoms with Crippen molar-refractivity contribution in [3.05, 3.63) is 59.9 Å². The van der Waals surface area contributed by atoms with Crippen LogP contribution in [0.15, 0.2) is 48.8 Å². The summed E-state index contributed by atoms with van der Waals surface area (Å²) in [6, 6.07) is 9.72. The zero-order chi connectivity index (χ0) is 18.4. The van der Waals surface area contributed by atoms with Crippen LogP contribution in [0.3, 0.4) is 0 Å². The number of hydrogen-bond donors (Lipinski definition) is 1. The first-order valence-corrected chi connectivity index (χ1v) is 9.36. The second-order valence-corrected chi connectivity index (χ2v) is 7.42. The second-order valence-electron chi connectivity index (χ2n) is 5.51. The van der Waals surface area contributed by atoms with E-state index >= 15 is 0 Å². The molecule has 0 radical (unpaired) electrons. The van der Waals surface area contributed by atoms with Crippen LogP contribution in [0.2, 0.25) is 0 Å². The lowest BCUT2D eigenvalue weighted by Crippen LogP contribution is -2.40. The van der Waals surface area contributed by atoms with Crippen LogP contribution < -0.4 is 9.62 Å². The van der Waals surface area contributed by atoms with Crippen LogP contribution in [0.25, 0.3) is 0 Å². The minimum atomic E-state index is -3.69. The second kappa shape index (κ2) is 7.89. The van der Waals surface area contributed by atoms with Crippen LogP contribution in [0, 0.1) is 0 Å². The van der Waals surface area contributed by atoms with Gasteiger partial charge >= 0.3 is 0 Å². The highest BCUT2D eigenvalue weighted by Gasteiger charge is 2.21. The van der Waals surface area contributed by atoms with Gasteiger partial charge in [-0.2, -0.15) is 0 Å². The number of rotatable bonds is 7. The van der Waals surface area contributed by atoms with Crippen LogP contribution in [-0.2, 0) is 21.4 Å². The maximum Gasteiger partial charge on any atom is 0.241 e. The maximum atomic E-state index is 12.2. The molecule has 1 aromatic carbocycles. The molecular weight excluding hydrogens is 342 g/mol. The zero-order valence-electron chi connectivity index (χ0n) is 14.0. The lowest BCUT2D eigenvalue weighted by molar-refractivity contribution is -0.119. The topological polar surface area (TPSA) is 96.4 Å². The molecule has 7 nitrogen and oxygen atoms in total. The predicted octanol–water partition coefficient (Wildman–Crippen LogP) is 1.37. The van der Waals surface area contributed by atoms with Gasteiger partial charge < -0.3 is 5.32 Å². The quantitative estimate of drug-likeness (QED) is 0.751. The van der Waals surface area contributed by atoms with E-state index in [1.807, 2.05) is 0 Å². The first kappa shape index (κ1) is 18.6. The van der Waals surface area contributed by atoms with E-state index in [1.165, 1.54) is 13.0 Å². The number of aromatic nitrogens is 1. The molecule has 2 aromatic rings. The summed E-state index contributed by atoms with van der Waals surface area (Å²) in [6.45, 7) is 1.27. The standard InChI is InChI=1S/C17H19N3O4S/c1-13(21)15-6-3-7-16(9-15)20(25(2,23)24)12-17(22)19-11-14-5-4-8-18-10-14/h3-10H,11-12H2,1-2H3,(H,19,22). The van der Waals surface area contributed by atoms with Gasteiger partial charge in [-0.15, -0.1) is 0 Å². The Morgan fingerprint density at radius 2 is 1.96 bits per heavy atom. The zero-order valence-corrected chi connectivity index (χ0v) is 14.8. The number of nitrogens with zero attached hydrogens (tertiary/aromatic N) is 2. The molecule has 0 aliphatic carbocycles. The smallest absolute Gasteiger partial charge is 0.241 e. The normalized spacial score (nSPS) is 11.0. The van der Waals surface area contributed by atoms with E-state index in [9.17, 15) is 18.0 Å². The van der Waals surface area contributed by atoms with Crippen molar-refractivity contribution in [2.45, 2.75) is 13.5 Å². The van der Waals surface area contributed by atoms with Gasteiger partial charge in [0.25, 0.3) is 0 Å². The summed E-state index contributed by atoms with van der Waals surface area (Å²) in [6.07, 6.45) is 4.26. The molecule has 1 amide bonds. The largest absolute Gasteiger partial charge is 0.350 e. The highest BCUT2D eigenvalue weighted by Crippen LogP contribution is 2.19. The Bertz CT molecular complexity index is 866. The van der Waals surface area contributed by atoms with Crippen molar-refractivity contribution in [1.82, 2.24) is 10.3 Å². The van der Waals surface area contributed by atoms with Gasteiger partial charge in [-0.25, -0.2) is 8.42 Å².